The smallest absolute Gasteiger partial charge is 0.309 e. The zero-order valence-corrected chi connectivity index (χ0v) is 17.7. The normalized spacial score (nSPS) is 17.9. The van der Waals surface area contributed by atoms with Crippen LogP contribution >= 0.6 is 11.3 Å². The van der Waals surface area contributed by atoms with Gasteiger partial charge in [-0.2, -0.15) is 0 Å². The highest BCUT2D eigenvalue weighted by molar-refractivity contribution is 7.12. The molecule has 2 amide bonds. The molecule has 1 aromatic carbocycles. The molecule has 2 aliphatic rings. The van der Waals surface area contributed by atoms with Gasteiger partial charge in [0.05, 0.1) is 10.8 Å². The lowest BCUT2D eigenvalue weighted by molar-refractivity contribution is -0.153. The number of thiophene rings is 1. The van der Waals surface area contributed by atoms with Crippen LogP contribution in [0.25, 0.3) is 0 Å². The first-order valence-corrected chi connectivity index (χ1v) is 11.3. The van der Waals surface area contributed by atoms with Gasteiger partial charge in [0.1, 0.15) is 0 Å². The molecule has 158 valence electrons. The Hall–Kier alpha value is -2.67. The van der Waals surface area contributed by atoms with Crippen LogP contribution in [-0.2, 0) is 19.7 Å². The summed E-state index contributed by atoms with van der Waals surface area (Å²) in [7, 11) is 0. The molecule has 1 aromatic heterocycles. The molecule has 1 aliphatic carbocycles. The predicted molar refractivity (Wildman–Crippen MR) is 114 cm³/mol. The summed E-state index contributed by atoms with van der Waals surface area (Å²) < 4.78 is 5.25. The third-order valence-electron chi connectivity index (χ3n) is 6.06. The van der Waals surface area contributed by atoms with Crippen LogP contribution in [0.15, 0.2) is 47.8 Å². The molecule has 2 aromatic rings. The van der Waals surface area contributed by atoms with E-state index in [1.54, 1.807) is 4.90 Å². The van der Waals surface area contributed by atoms with E-state index in [0.717, 1.165) is 17.7 Å². The summed E-state index contributed by atoms with van der Waals surface area (Å²) in [4.78, 5) is 39.4. The average molecular weight is 427 g/mol. The van der Waals surface area contributed by atoms with Gasteiger partial charge in [-0.25, -0.2) is 0 Å². The number of amides is 2. The number of piperidine rings is 1. The Bertz CT molecular complexity index is 885. The number of nitrogens with one attached hydrogen (secondary N) is 1. The Balaban J connectivity index is 1.17. The number of hydrogen-bond acceptors (Lipinski definition) is 5. The molecule has 0 atom stereocenters. The van der Waals surface area contributed by atoms with Crippen molar-refractivity contribution in [3.63, 3.8) is 0 Å². The Labute approximate surface area is 180 Å². The molecule has 1 N–H and O–H groups in total. The van der Waals surface area contributed by atoms with Crippen LogP contribution in [0.2, 0.25) is 0 Å². The minimum atomic E-state index is -0.349. The standard InChI is InChI=1S/C23H26N2O4S/c26-20(24-16-23(10-11-23)18-5-2-1-3-6-18)15-29-22(28)17-8-12-25(13-9-17)21(27)19-7-4-14-30-19/h1-7,14,17H,8-13,15-16H2,(H,24,26). The van der Waals surface area contributed by atoms with Gasteiger partial charge in [0, 0.05) is 25.0 Å². The van der Waals surface area contributed by atoms with E-state index in [-0.39, 0.29) is 35.7 Å². The largest absolute Gasteiger partial charge is 0.455 e. The van der Waals surface area contributed by atoms with Gasteiger partial charge >= 0.3 is 5.97 Å². The second kappa shape index (κ2) is 9.00. The van der Waals surface area contributed by atoms with Gasteiger partial charge < -0.3 is 15.0 Å². The maximum atomic E-state index is 12.4. The predicted octanol–water partition coefficient (Wildman–Crippen LogP) is 2.99. The van der Waals surface area contributed by atoms with E-state index >= 15 is 0 Å². The fourth-order valence-corrected chi connectivity index (χ4v) is 4.65. The molecule has 0 bridgehead atoms. The maximum Gasteiger partial charge on any atom is 0.309 e. The molecular weight excluding hydrogens is 400 g/mol. The quantitative estimate of drug-likeness (QED) is 0.691. The molecule has 1 aliphatic heterocycles. The van der Waals surface area contributed by atoms with Gasteiger partial charge in [-0.05, 0) is 42.7 Å². The summed E-state index contributed by atoms with van der Waals surface area (Å²) in [6.07, 6.45) is 3.24. The zero-order valence-electron chi connectivity index (χ0n) is 16.8. The highest BCUT2D eigenvalue weighted by Crippen LogP contribution is 2.47. The van der Waals surface area contributed by atoms with Crippen LogP contribution in [0.5, 0.6) is 0 Å². The van der Waals surface area contributed by atoms with Crippen molar-refractivity contribution < 1.29 is 19.1 Å². The number of benzene rings is 1. The number of carbonyl (C=O) groups is 3. The lowest BCUT2D eigenvalue weighted by atomic mass is 9.96. The number of hydrogen-bond donors (Lipinski definition) is 1. The first kappa shape index (κ1) is 20.6. The van der Waals surface area contributed by atoms with E-state index in [2.05, 4.69) is 17.4 Å². The van der Waals surface area contributed by atoms with Crippen molar-refractivity contribution in [1.29, 1.82) is 0 Å². The van der Waals surface area contributed by atoms with E-state index in [0.29, 0.717) is 32.5 Å². The summed E-state index contributed by atoms with van der Waals surface area (Å²) in [5.41, 5.74) is 1.27. The molecular formula is C23H26N2O4S. The van der Waals surface area contributed by atoms with E-state index in [1.807, 2.05) is 35.7 Å². The van der Waals surface area contributed by atoms with Crippen LogP contribution in [0, 0.1) is 5.92 Å². The first-order valence-electron chi connectivity index (χ1n) is 10.4. The van der Waals surface area contributed by atoms with Crippen molar-refractivity contribution >= 4 is 29.1 Å². The van der Waals surface area contributed by atoms with Gasteiger partial charge in [0.25, 0.3) is 11.8 Å². The molecule has 4 rings (SSSR count). The Kier molecular flexibility index (Phi) is 6.18. The number of rotatable bonds is 7. The van der Waals surface area contributed by atoms with Gasteiger partial charge in [-0.15, -0.1) is 11.3 Å². The second-order valence-electron chi connectivity index (χ2n) is 8.07. The summed E-state index contributed by atoms with van der Waals surface area (Å²) >= 11 is 1.42. The summed E-state index contributed by atoms with van der Waals surface area (Å²) in [5.74, 6) is -0.860. The van der Waals surface area contributed by atoms with Crippen molar-refractivity contribution in [2.45, 2.75) is 31.1 Å². The van der Waals surface area contributed by atoms with E-state index in [1.165, 1.54) is 16.9 Å². The number of carbonyl (C=O) groups excluding carboxylic acids is 3. The van der Waals surface area contributed by atoms with Crippen molar-refractivity contribution in [1.82, 2.24) is 10.2 Å². The second-order valence-corrected chi connectivity index (χ2v) is 9.02. The van der Waals surface area contributed by atoms with Crippen LogP contribution in [-0.4, -0.2) is 48.9 Å². The van der Waals surface area contributed by atoms with Gasteiger partial charge in [0.15, 0.2) is 6.61 Å². The van der Waals surface area contributed by atoms with Crippen LogP contribution in [0.4, 0.5) is 0 Å². The monoisotopic (exact) mass is 426 g/mol. The maximum absolute atomic E-state index is 12.4. The van der Waals surface area contributed by atoms with E-state index in [4.69, 9.17) is 4.74 Å². The number of ether oxygens (including phenoxy) is 1. The van der Waals surface area contributed by atoms with Crippen LogP contribution in [0.1, 0.15) is 40.9 Å². The van der Waals surface area contributed by atoms with Crippen molar-refractivity contribution in [2.75, 3.05) is 26.2 Å². The van der Waals surface area contributed by atoms with Gasteiger partial charge in [-0.1, -0.05) is 36.4 Å². The molecule has 2 fully saturated rings. The molecule has 0 radical (unpaired) electrons. The molecule has 1 saturated heterocycles. The van der Waals surface area contributed by atoms with Crippen molar-refractivity contribution in [3.05, 3.63) is 58.3 Å². The number of likely N-dealkylation sites (tertiary alicyclic amines) is 1. The molecule has 1 saturated carbocycles. The summed E-state index contributed by atoms with van der Waals surface area (Å²) in [5, 5.41) is 4.79. The van der Waals surface area contributed by atoms with Gasteiger partial charge in [-0.3, -0.25) is 14.4 Å². The van der Waals surface area contributed by atoms with Crippen molar-refractivity contribution in [3.8, 4) is 0 Å². The average Bonchev–Trinajstić information content (AvgIpc) is 3.39. The Morgan fingerprint density at radius 3 is 2.43 bits per heavy atom. The third kappa shape index (κ3) is 4.73. The van der Waals surface area contributed by atoms with Gasteiger partial charge in [0.2, 0.25) is 0 Å². The van der Waals surface area contributed by atoms with Crippen molar-refractivity contribution in [2.24, 2.45) is 5.92 Å². The van der Waals surface area contributed by atoms with E-state index in [9.17, 15) is 14.4 Å². The van der Waals surface area contributed by atoms with Crippen LogP contribution in [0.3, 0.4) is 0 Å². The Morgan fingerprint density at radius 1 is 1.07 bits per heavy atom. The Morgan fingerprint density at radius 2 is 1.80 bits per heavy atom. The van der Waals surface area contributed by atoms with Crippen LogP contribution < -0.4 is 5.32 Å². The van der Waals surface area contributed by atoms with E-state index < -0.39 is 0 Å². The minimum Gasteiger partial charge on any atom is -0.455 e. The summed E-state index contributed by atoms with van der Waals surface area (Å²) in [6, 6.07) is 13.9. The fraction of sp³-hybridized carbons (Fsp3) is 0.435. The number of nitrogens with zero attached hydrogens (tertiary/aromatic N) is 1. The zero-order chi connectivity index (χ0) is 21.0. The minimum absolute atomic E-state index is 0.0172. The molecule has 0 unspecified atom stereocenters. The molecule has 2 heterocycles. The molecule has 7 heteroatoms. The topological polar surface area (TPSA) is 75.7 Å². The SMILES string of the molecule is O=C(COC(=O)C1CCN(C(=O)c2cccs2)CC1)NCC1(c2ccccc2)CC1. The molecule has 30 heavy (non-hydrogen) atoms. The molecule has 0 spiro atoms. The third-order valence-corrected chi connectivity index (χ3v) is 6.91. The first-order chi connectivity index (χ1) is 14.6. The number of esters is 1. The highest BCUT2D eigenvalue weighted by Gasteiger charge is 2.44. The summed E-state index contributed by atoms with van der Waals surface area (Å²) in [6.45, 7) is 1.37. The molecule has 6 nitrogen and oxygen atoms in total. The lowest BCUT2D eigenvalue weighted by Crippen LogP contribution is -2.41. The lowest BCUT2D eigenvalue weighted by Gasteiger charge is -2.30. The highest BCUT2D eigenvalue weighted by atomic mass is 32.1. The fourth-order valence-electron chi connectivity index (χ4n) is 3.96.